The van der Waals surface area contributed by atoms with Gasteiger partial charge in [-0.05, 0) is 55.3 Å². The molecule has 0 atom stereocenters. The number of methoxy groups -OCH3 is 1. The number of aryl methyl sites for hydroxylation is 2. The van der Waals surface area contributed by atoms with Gasteiger partial charge in [0.25, 0.3) is 0 Å². The van der Waals surface area contributed by atoms with Crippen LogP contribution in [-0.4, -0.2) is 37.6 Å². The van der Waals surface area contributed by atoms with Gasteiger partial charge in [0, 0.05) is 39.0 Å². The minimum Gasteiger partial charge on any atom is -0.497 e. The minimum atomic E-state index is -0.263. The van der Waals surface area contributed by atoms with Crippen LogP contribution in [-0.2, 0) is 17.9 Å². The van der Waals surface area contributed by atoms with E-state index in [0.29, 0.717) is 28.1 Å². The summed E-state index contributed by atoms with van der Waals surface area (Å²) >= 11 is 12.6. The number of halogens is 2. The highest BCUT2D eigenvalue weighted by molar-refractivity contribution is 6.36. The number of pyridine rings is 1. The van der Waals surface area contributed by atoms with E-state index in [1.807, 2.05) is 44.2 Å². The van der Waals surface area contributed by atoms with Crippen LogP contribution in [0, 0.1) is 13.8 Å². The molecule has 0 aliphatic heterocycles. The Bertz CT molecular complexity index is 1590. The van der Waals surface area contributed by atoms with Gasteiger partial charge in [-0.2, -0.15) is 10.2 Å². The molecule has 0 bridgehead atoms. The Balaban J connectivity index is 1.36. The fourth-order valence-corrected chi connectivity index (χ4v) is 4.80. The summed E-state index contributed by atoms with van der Waals surface area (Å²) in [6.07, 6.45) is 1.72. The normalized spacial score (nSPS) is 11.2. The number of ether oxygens (including phenoxy) is 1. The Morgan fingerprint density at radius 3 is 2.43 bits per heavy atom. The topological polar surface area (TPSA) is 86.9 Å². The monoisotopic (exact) mass is 534 g/mol. The first kappa shape index (κ1) is 24.8. The van der Waals surface area contributed by atoms with Gasteiger partial charge in [0.15, 0.2) is 11.5 Å². The average molecular weight is 535 g/mol. The van der Waals surface area contributed by atoms with E-state index in [2.05, 4.69) is 20.5 Å². The Hall–Kier alpha value is -3.88. The van der Waals surface area contributed by atoms with Gasteiger partial charge in [-0.25, -0.2) is 9.67 Å². The molecule has 5 rings (SSSR count). The summed E-state index contributed by atoms with van der Waals surface area (Å²) < 4.78 is 8.63. The number of nitrogens with one attached hydrogen (secondary N) is 1. The molecule has 5 aromatic rings. The average Bonchev–Trinajstić information content (AvgIpc) is 3.39. The van der Waals surface area contributed by atoms with Crippen LogP contribution in [0.4, 0.5) is 5.82 Å². The van der Waals surface area contributed by atoms with Gasteiger partial charge < -0.3 is 10.1 Å². The zero-order chi connectivity index (χ0) is 26.1. The zero-order valence-corrected chi connectivity index (χ0v) is 22.0. The van der Waals surface area contributed by atoms with E-state index >= 15 is 0 Å². The molecular formula is C27H24Cl2N6O2. The zero-order valence-electron chi connectivity index (χ0n) is 20.5. The van der Waals surface area contributed by atoms with Gasteiger partial charge in [-0.15, -0.1) is 0 Å². The van der Waals surface area contributed by atoms with Crippen molar-refractivity contribution in [2.75, 3.05) is 12.4 Å². The maximum absolute atomic E-state index is 12.9. The Morgan fingerprint density at radius 1 is 1.00 bits per heavy atom. The van der Waals surface area contributed by atoms with Crippen molar-refractivity contribution in [3.05, 3.63) is 87.8 Å². The number of rotatable bonds is 7. The van der Waals surface area contributed by atoms with E-state index in [4.69, 9.17) is 27.9 Å². The van der Waals surface area contributed by atoms with Crippen molar-refractivity contribution in [3.8, 4) is 16.9 Å². The van der Waals surface area contributed by atoms with E-state index in [1.54, 1.807) is 46.9 Å². The molecule has 3 heterocycles. The standard InChI is InChI=1S/C27H24Cl2N6O2/c1-16-13-24(33-34(16)14-21-22(28)5-4-6-23(21)29)31-25(36)15-35-27-26(17(2)32-35)20(11-12-30-27)18-7-9-19(37-3)10-8-18/h4-13H,14-15H2,1-3H3,(H,31,33,36). The van der Waals surface area contributed by atoms with Crippen molar-refractivity contribution in [2.45, 2.75) is 26.9 Å². The van der Waals surface area contributed by atoms with Crippen molar-refractivity contribution in [1.82, 2.24) is 24.5 Å². The van der Waals surface area contributed by atoms with Crippen LogP contribution in [0.1, 0.15) is 17.0 Å². The number of aromatic nitrogens is 5. The van der Waals surface area contributed by atoms with Crippen molar-refractivity contribution < 1.29 is 9.53 Å². The second kappa shape index (κ2) is 10.2. The fraction of sp³-hybridized carbons (Fsp3) is 0.185. The van der Waals surface area contributed by atoms with Crippen LogP contribution < -0.4 is 10.1 Å². The van der Waals surface area contributed by atoms with Crippen LogP contribution >= 0.6 is 23.2 Å². The summed E-state index contributed by atoms with van der Waals surface area (Å²) in [6, 6.07) is 16.9. The van der Waals surface area contributed by atoms with E-state index in [9.17, 15) is 4.79 Å². The molecule has 0 unspecified atom stereocenters. The van der Waals surface area contributed by atoms with Crippen molar-refractivity contribution in [3.63, 3.8) is 0 Å². The number of carbonyl (C=O) groups is 1. The number of hydrogen-bond donors (Lipinski definition) is 1. The molecule has 2 aromatic carbocycles. The molecule has 0 aliphatic carbocycles. The van der Waals surface area contributed by atoms with Gasteiger partial charge in [-0.1, -0.05) is 41.4 Å². The lowest BCUT2D eigenvalue weighted by molar-refractivity contribution is -0.116. The first-order chi connectivity index (χ1) is 17.8. The number of fused-ring (bicyclic) bond motifs is 1. The van der Waals surface area contributed by atoms with Gasteiger partial charge >= 0.3 is 0 Å². The molecule has 1 amide bonds. The molecule has 8 nitrogen and oxygen atoms in total. The number of hydrogen-bond acceptors (Lipinski definition) is 5. The van der Waals surface area contributed by atoms with E-state index in [-0.39, 0.29) is 12.5 Å². The molecule has 188 valence electrons. The molecule has 0 fully saturated rings. The fourth-order valence-electron chi connectivity index (χ4n) is 4.29. The SMILES string of the molecule is COc1ccc(-c2ccnc3c2c(C)nn3CC(=O)Nc2cc(C)n(Cc3c(Cl)cccc3Cl)n2)cc1. The van der Waals surface area contributed by atoms with E-state index < -0.39 is 0 Å². The number of benzene rings is 2. The third-order valence-electron chi connectivity index (χ3n) is 6.12. The predicted molar refractivity (Wildman–Crippen MR) is 145 cm³/mol. The van der Waals surface area contributed by atoms with Gasteiger partial charge in [0.1, 0.15) is 12.3 Å². The van der Waals surface area contributed by atoms with Crippen molar-refractivity contribution >= 4 is 46.0 Å². The largest absolute Gasteiger partial charge is 0.497 e. The third-order valence-corrected chi connectivity index (χ3v) is 6.83. The molecule has 0 aliphatic rings. The van der Waals surface area contributed by atoms with E-state index in [0.717, 1.165) is 39.2 Å². The van der Waals surface area contributed by atoms with Crippen LogP contribution in [0.5, 0.6) is 5.75 Å². The minimum absolute atomic E-state index is 0.00828. The number of carbonyl (C=O) groups excluding carboxylic acids is 1. The Kier molecular flexibility index (Phi) is 6.86. The number of nitrogens with zero attached hydrogens (tertiary/aromatic N) is 5. The Labute approximate surface area is 223 Å². The molecule has 10 heteroatoms. The second-order valence-corrected chi connectivity index (χ2v) is 9.42. The van der Waals surface area contributed by atoms with Crippen LogP contribution in [0.25, 0.3) is 22.2 Å². The molecular weight excluding hydrogens is 511 g/mol. The van der Waals surface area contributed by atoms with Crippen LogP contribution in [0.2, 0.25) is 10.0 Å². The molecule has 0 saturated carbocycles. The maximum atomic E-state index is 12.9. The first-order valence-corrected chi connectivity index (χ1v) is 12.3. The summed E-state index contributed by atoms with van der Waals surface area (Å²) in [7, 11) is 1.64. The van der Waals surface area contributed by atoms with Gasteiger partial charge in [0.2, 0.25) is 5.91 Å². The molecule has 3 aromatic heterocycles. The number of amides is 1. The first-order valence-electron chi connectivity index (χ1n) is 11.6. The number of anilines is 1. The van der Waals surface area contributed by atoms with Crippen molar-refractivity contribution in [2.24, 2.45) is 0 Å². The van der Waals surface area contributed by atoms with Crippen LogP contribution in [0.3, 0.4) is 0 Å². The van der Waals surface area contributed by atoms with Crippen LogP contribution in [0.15, 0.2) is 60.8 Å². The Morgan fingerprint density at radius 2 is 1.73 bits per heavy atom. The lowest BCUT2D eigenvalue weighted by Gasteiger charge is -2.08. The highest BCUT2D eigenvalue weighted by atomic mass is 35.5. The van der Waals surface area contributed by atoms with Gasteiger partial charge in [0.05, 0.1) is 19.3 Å². The maximum Gasteiger partial charge on any atom is 0.247 e. The van der Waals surface area contributed by atoms with Gasteiger partial charge in [-0.3, -0.25) is 9.48 Å². The summed E-state index contributed by atoms with van der Waals surface area (Å²) in [5.74, 6) is 0.956. The van der Waals surface area contributed by atoms with Crippen molar-refractivity contribution in [1.29, 1.82) is 0 Å². The van der Waals surface area contributed by atoms with E-state index in [1.165, 1.54) is 0 Å². The predicted octanol–water partition coefficient (Wildman–Crippen LogP) is 5.91. The quantitative estimate of drug-likeness (QED) is 0.280. The molecule has 1 N–H and O–H groups in total. The molecule has 0 spiro atoms. The molecule has 0 saturated heterocycles. The second-order valence-electron chi connectivity index (χ2n) is 8.61. The smallest absolute Gasteiger partial charge is 0.247 e. The molecule has 37 heavy (non-hydrogen) atoms. The third kappa shape index (κ3) is 5.03. The summed E-state index contributed by atoms with van der Waals surface area (Å²) in [5.41, 5.74) is 5.06. The summed E-state index contributed by atoms with van der Waals surface area (Å²) in [5, 5.41) is 14.0. The lowest BCUT2D eigenvalue weighted by Crippen LogP contribution is -2.20. The highest BCUT2D eigenvalue weighted by Crippen LogP contribution is 2.31. The molecule has 0 radical (unpaired) electrons. The lowest BCUT2D eigenvalue weighted by atomic mass is 10.0. The highest BCUT2D eigenvalue weighted by Gasteiger charge is 2.17. The summed E-state index contributed by atoms with van der Waals surface area (Å²) in [4.78, 5) is 17.5. The summed E-state index contributed by atoms with van der Waals surface area (Å²) in [6.45, 7) is 4.20.